The van der Waals surface area contributed by atoms with Crippen LogP contribution in [0.3, 0.4) is 0 Å². The fourth-order valence-corrected chi connectivity index (χ4v) is 2.15. The van der Waals surface area contributed by atoms with E-state index in [0.29, 0.717) is 0 Å². The molecule has 16 heavy (non-hydrogen) atoms. The highest BCUT2D eigenvalue weighted by molar-refractivity contribution is 5.57. The summed E-state index contributed by atoms with van der Waals surface area (Å²) in [6.07, 6.45) is 1.19. The minimum atomic E-state index is 0.788. The number of methoxy groups -OCH3 is 1. The molecule has 1 aromatic carbocycles. The van der Waals surface area contributed by atoms with Crippen molar-refractivity contribution >= 4 is 5.69 Å². The number of nitrogens with zero attached hydrogens (tertiary/aromatic N) is 1. The minimum absolute atomic E-state index is 0.788. The molecule has 0 radical (unpaired) electrons. The number of para-hydroxylation sites is 1. The molecule has 1 N–H and O–H groups in total. The molecule has 2 rings (SSSR count). The highest BCUT2D eigenvalue weighted by Gasteiger charge is 2.16. The SMILES string of the molecule is COCCNCCN1CCc2ccccc21. The van der Waals surface area contributed by atoms with Crippen LogP contribution in [-0.4, -0.2) is 39.9 Å². The van der Waals surface area contributed by atoms with Gasteiger partial charge < -0.3 is 15.0 Å². The number of nitrogens with one attached hydrogen (secondary N) is 1. The molecule has 3 heteroatoms. The molecule has 0 bridgehead atoms. The summed E-state index contributed by atoms with van der Waals surface area (Å²) >= 11 is 0. The molecule has 1 aromatic rings. The summed E-state index contributed by atoms with van der Waals surface area (Å²) in [5.74, 6) is 0. The number of fused-ring (bicyclic) bond motifs is 1. The van der Waals surface area contributed by atoms with Crippen molar-refractivity contribution in [2.24, 2.45) is 0 Å². The first kappa shape index (κ1) is 11.4. The van der Waals surface area contributed by atoms with E-state index < -0.39 is 0 Å². The molecule has 0 fully saturated rings. The highest BCUT2D eigenvalue weighted by Crippen LogP contribution is 2.26. The lowest BCUT2D eigenvalue weighted by molar-refractivity contribution is 0.200. The Kier molecular flexibility index (Phi) is 4.19. The van der Waals surface area contributed by atoms with Gasteiger partial charge in [-0.25, -0.2) is 0 Å². The Balaban J connectivity index is 1.76. The van der Waals surface area contributed by atoms with Crippen molar-refractivity contribution in [2.75, 3.05) is 44.8 Å². The predicted molar refractivity (Wildman–Crippen MR) is 67.1 cm³/mol. The van der Waals surface area contributed by atoms with Crippen LogP contribution in [0.1, 0.15) is 5.56 Å². The summed E-state index contributed by atoms with van der Waals surface area (Å²) in [6.45, 7) is 4.99. The second-order valence-corrected chi connectivity index (χ2v) is 4.11. The standard InChI is InChI=1S/C13H20N2O/c1-16-11-8-14-7-10-15-9-6-12-4-2-3-5-13(12)15/h2-5,14H,6-11H2,1H3. The summed E-state index contributed by atoms with van der Waals surface area (Å²) in [7, 11) is 1.73. The molecule has 1 aliphatic heterocycles. The van der Waals surface area contributed by atoms with Crippen LogP contribution in [0.15, 0.2) is 24.3 Å². The fourth-order valence-electron chi connectivity index (χ4n) is 2.15. The molecule has 0 amide bonds. The number of ether oxygens (including phenoxy) is 1. The van der Waals surface area contributed by atoms with Crippen molar-refractivity contribution in [3.05, 3.63) is 29.8 Å². The monoisotopic (exact) mass is 220 g/mol. The zero-order chi connectivity index (χ0) is 11.2. The van der Waals surface area contributed by atoms with Gasteiger partial charge in [-0.05, 0) is 18.1 Å². The highest BCUT2D eigenvalue weighted by atomic mass is 16.5. The van der Waals surface area contributed by atoms with Crippen molar-refractivity contribution in [3.8, 4) is 0 Å². The van der Waals surface area contributed by atoms with Crippen LogP contribution in [0, 0.1) is 0 Å². The molecule has 88 valence electrons. The van der Waals surface area contributed by atoms with E-state index in [9.17, 15) is 0 Å². The van der Waals surface area contributed by atoms with Gasteiger partial charge in [-0.1, -0.05) is 18.2 Å². The van der Waals surface area contributed by atoms with Crippen LogP contribution in [0.5, 0.6) is 0 Å². The molecule has 1 aliphatic rings. The smallest absolute Gasteiger partial charge is 0.0587 e. The molecule has 0 saturated heterocycles. The van der Waals surface area contributed by atoms with Gasteiger partial charge in [-0.3, -0.25) is 0 Å². The van der Waals surface area contributed by atoms with E-state index in [1.165, 1.54) is 17.7 Å². The van der Waals surface area contributed by atoms with Crippen LogP contribution in [0.2, 0.25) is 0 Å². The Hall–Kier alpha value is -1.06. The first-order valence-electron chi connectivity index (χ1n) is 5.94. The maximum Gasteiger partial charge on any atom is 0.0587 e. The first-order chi connectivity index (χ1) is 7.92. The molecule has 0 spiro atoms. The Labute approximate surface area is 97.4 Å². The van der Waals surface area contributed by atoms with Crippen molar-refractivity contribution in [2.45, 2.75) is 6.42 Å². The lowest BCUT2D eigenvalue weighted by Crippen LogP contribution is -2.32. The van der Waals surface area contributed by atoms with Crippen molar-refractivity contribution in [1.29, 1.82) is 0 Å². The second-order valence-electron chi connectivity index (χ2n) is 4.11. The van der Waals surface area contributed by atoms with E-state index in [2.05, 4.69) is 34.5 Å². The quantitative estimate of drug-likeness (QED) is 0.731. The molecule has 1 heterocycles. The van der Waals surface area contributed by atoms with Crippen molar-refractivity contribution in [1.82, 2.24) is 5.32 Å². The molecule has 0 saturated carbocycles. The van der Waals surface area contributed by atoms with Crippen LogP contribution in [0.25, 0.3) is 0 Å². The number of benzene rings is 1. The van der Waals surface area contributed by atoms with E-state index in [4.69, 9.17) is 4.74 Å². The van der Waals surface area contributed by atoms with Crippen LogP contribution >= 0.6 is 0 Å². The topological polar surface area (TPSA) is 24.5 Å². The summed E-state index contributed by atoms with van der Waals surface area (Å²) in [5, 5.41) is 3.38. The third-order valence-electron chi connectivity index (χ3n) is 3.02. The summed E-state index contributed by atoms with van der Waals surface area (Å²) in [5.41, 5.74) is 2.90. The van der Waals surface area contributed by atoms with Gasteiger partial charge in [-0.15, -0.1) is 0 Å². The van der Waals surface area contributed by atoms with Gasteiger partial charge >= 0.3 is 0 Å². The number of anilines is 1. The Bertz CT molecular complexity index is 327. The second kappa shape index (κ2) is 5.87. The van der Waals surface area contributed by atoms with Gasteiger partial charge in [0.2, 0.25) is 0 Å². The predicted octanol–water partition coefficient (Wildman–Crippen LogP) is 1.29. The third-order valence-corrected chi connectivity index (χ3v) is 3.02. The lowest BCUT2D eigenvalue weighted by atomic mass is 10.2. The molecule has 0 aromatic heterocycles. The Morgan fingerprint density at radius 3 is 3.06 bits per heavy atom. The average Bonchev–Trinajstić information content (AvgIpc) is 2.73. The van der Waals surface area contributed by atoms with E-state index in [0.717, 1.165) is 32.8 Å². The van der Waals surface area contributed by atoms with Gasteiger partial charge in [0.05, 0.1) is 6.61 Å². The van der Waals surface area contributed by atoms with E-state index in [1.807, 2.05) is 0 Å². The molecular formula is C13H20N2O. The number of hydrogen-bond acceptors (Lipinski definition) is 3. The van der Waals surface area contributed by atoms with Crippen molar-refractivity contribution in [3.63, 3.8) is 0 Å². The third kappa shape index (κ3) is 2.74. The fraction of sp³-hybridized carbons (Fsp3) is 0.538. The van der Waals surface area contributed by atoms with Crippen LogP contribution in [0.4, 0.5) is 5.69 Å². The molecule has 3 nitrogen and oxygen atoms in total. The van der Waals surface area contributed by atoms with Crippen LogP contribution < -0.4 is 10.2 Å². The molecule has 0 unspecified atom stereocenters. The zero-order valence-electron chi connectivity index (χ0n) is 9.91. The average molecular weight is 220 g/mol. The van der Waals surface area contributed by atoms with Gasteiger partial charge in [0.15, 0.2) is 0 Å². The summed E-state index contributed by atoms with van der Waals surface area (Å²) < 4.78 is 4.99. The summed E-state index contributed by atoms with van der Waals surface area (Å²) in [4.78, 5) is 2.45. The van der Waals surface area contributed by atoms with Crippen LogP contribution in [-0.2, 0) is 11.2 Å². The largest absolute Gasteiger partial charge is 0.383 e. The van der Waals surface area contributed by atoms with Gasteiger partial charge in [-0.2, -0.15) is 0 Å². The number of rotatable bonds is 6. The summed E-state index contributed by atoms with van der Waals surface area (Å²) in [6, 6.07) is 8.69. The van der Waals surface area contributed by atoms with E-state index in [1.54, 1.807) is 7.11 Å². The normalized spacial score (nSPS) is 14.2. The Morgan fingerprint density at radius 1 is 1.31 bits per heavy atom. The first-order valence-corrected chi connectivity index (χ1v) is 5.94. The Morgan fingerprint density at radius 2 is 2.19 bits per heavy atom. The molecule has 0 aliphatic carbocycles. The molecular weight excluding hydrogens is 200 g/mol. The maximum atomic E-state index is 4.99. The number of hydrogen-bond donors (Lipinski definition) is 1. The van der Waals surface area contributed by atoms with E-state index >= 15 is 0 Å². The molecule has 0 atom stereocenters. The van der Waals surface area contributed by atoms with Gasteiger partial charge in [0, 0.05) is 39.0 Å². The lowest BCUT2D eigenvalue weighted by Gasteiger charge is -2.19. The van der Waals surface area contributed by atoms with E-state index in [-0.39, 0.29) is 0 Å². The van der Waals surface area contributed by atoms with Gasteiger partial charge in [0.1, 0.15) is 0 Å². The van der Waals surface area contributed by atoms with Gasteiger partial charge in [0.25, 0.3) is 0 Å². The zero-order valence-corrected chi connectivity index (χ0v) is 9.91. The maximum absolute atomic E-state index is 4.99. The minimum Gasteiger partial charge on any atom is -0.383 e. The van der Waals surface area contributed by atoms with Crippen molar-refractivity contribution < 1.29 is 4.74 Å².